The van der Waals surface area contributed by atoms with Crippen LogP contribution in [0.15, 0.2) is 47.7 Å². The summed E-state index contributed by atoms with van der Waals surface area (Å²) >= 11 is 0. The molecule has 0 fully saturated rings. The van der Waals surface area contributed by atoms with Gasteiger partial charge in [-0.2, -0.15) is 0 Å². The largest absolute Gasteiger partial charge is 0.466 e. The van der Waals surface area contributed by atoms with E-state index in [9.17, 15) is 9.59 Å². The van der Waals surface area contributed by atoms with Crippen molar-refractivity contribution in [1.29, 1.82) is 0 Å². The maximum atomic E-state index is 12.3. The number of rotatable bonds is 3. The van der Waals surface area contributed by atoms with Crippen molar-refractivity contribution in [3.8, 4) is 0 Å². The summed E-state index contributed by atoms with van der Waals surface area (Å²) in [5.74, 6) is -0.611. The third-order valence-corrected chi connectivity index (χ3v) is 5.63. The van der Waals surface area contributed by atoms with Crippen molar-refractivity contribution in [3.05, 3.63) is 58.9 Å². The molecular weight excluding hydrogens is 328 g/mol. The normalized spacial score (nSPS) is 22.5. The lowest BCUT2D eigenvalue weighted by atomic mass is 9.80. The highest BCUT2D eigenvalue weighted by Crippen LogP contribution is 2.44. The first-order chi connectivity index (χ1) is 12.7. The number of aromatic amines is 1. The van der Waals surface area contributed by atoms with Gasteiger partial charge in [0.1, 0.15) is 6.29 Å². The van der Waals surface area contributed by atoms with E-state index in [-0.39, 0.29) is 17.9 Å². The topological polar surface area (TPSA) is 62.4 Å². The lowest BCUT2D eigenvalue weighted by Crippen LogP contribution is -2.38. The van der Waals surface area contributed by atoms with Crippen LogP contribution in [0, 0.1) is 5.92 Å². The molecule has 2 aliphatic rings. The third-order valence-electron chi connectivity index (χ3n) is 5.63. The first kappa shape index (κ1) is 16.6. The lowest BCUT2D eigenvalue weighted by Gasteiger charge is -2.41. The van der Waals surface area contributed by atoms with Crippen LogP contribution in [-0.4, -0.2) is 35.8 Å². The molecule has 1 N–H and O–H groups in total. The van der Waals surface area contributed by atoms with Crippen molar-refractivity contribution in [1.82, 2.24) is 9.88 Å². The Morgan fingerprint density at radius 3 is 2.88 bits per heavy atom. The van der Waals surface area contributed by atoms with E-state index >= 15 is 0 Å². The van der Waals surface area contributed by atoms with E-state index < -0.39 is 0 Å². The molecule has 2 atom stereocenters. The van der Waals surface area contributed by atoms with Gasteiger partial charge in [0.25, 0.3) is 0 Å². The van der Waals surface area contributed by atoms with E-state index in [4.69, 9.17) is 4.74 Å². The number of nitrogens with one attached hydrogen (secondary N) is 1. The summed E-state index contributed by atoms with van der Waals surface area (Å²) in [4.78, 5) is 29.7. The number of ether oxygens (including phenoxy) is 1. The Labute approximate surface area is 152 Å². The van der Waals surface area contributed by atoms with Crippen molar-refractivity contribution in [2.45, 2.75) is 25.8 Å². The summed E-state index contributed by atoms with van der Waals surface area (Å²) in [5, 5.41) is 1.27. The van der Waals surface area contributed by atoms with Gasteiger partial charge in [-0.15, -0.1) is 0 Å². The summed E-state index contributed by atoms with van der Waals surface area (Å²) in [6.07, 6.45) is 6.14. The van der Waals surface area contributed by atoms with Gasteiger partial charge in [-0.3, -0.25) is 4.79 Å². The summed E-state index contributed by atoms with van der Waals surface area (Å²) in [7, 11) is 1.38. The molecule has 0 spiro atoms. The predicted molar refractivity (Wildman–Crippen MR) is 99.5 cm³/mol. The number of para-hydroxylation sites is 1. The predicted octanol–water partition coefficient (Wildman–Crippen LogP) is 3.29. The maximum Gasteiger partial charge on any atom is 0.335 e. The van der Waals surface area contributed by atoms with Gasteiger partial charge < -0.3 is 14.6 Å². The molecule has 1 aromatic carbocycles. The molecule has 0 amide bonds. The first-order valence-electron chi connectivity index (χ1n) is 8.94. The van der Waals surface area contributed by atoms with E-state index in [2.05, 4.69) is 28.1 Å². The van der Waals surface area contributed by atoms with Crippen LogP contribution in [0.1, 0.15) is 30.6 Å². The molecular formula is C21H22N2O3. The van der Waals surface area contributed by atoms with Crippen LogP contribution in [0.25, 0.3) is 10.9 Å². The minimum absolute atomic E-state index is 0.124. The number of benzene rings is 1. The van der Waals surface area contributed by atoms with E-state index in [0.717, 1.165) is 24.8 Å². The number of H-pyrrole nitrogens is 1. The third kappa shape index (κ3) is 2.46. The molecule has 3 heterocycles. The molecule has 4 rings (SSSR count). The van der Waals surface area contributed by atoms with Crippen LogP contribution in [0.3, 0.4) is 0 Å². The highest BCUT2D eigenvalue weighted by atomic mass is 16.5. The van der Waals surface area contributed by atoms with Crippen LogP contribution in [0.4, 0.5) is 0 Å². The van der Waals surface area contributed by atoms with Gasteiger partial charge in [0.2, 0.25) is 0 Å². The highest BCUT2D eigenvalue weighted by molar-refractivity contribution is 5.92. The number of esters is 1. The molecule has 134 valence electrons. The number of allylic oxidation sites excluding steroid dienone is 2. The second kappa shape index (κ2) is 6.48. The average molecular weight is 350 g/mol. The van der Waals surface area contributed by atoms with Gasteiger partial charge >= 0.3 is 5.97 Å². The molecule has 2 aliphatic heterocycles. The lowest BCUT2D eigenvalue weighted by molar-refractivity contribution is -0.137. The van der Waals surface area contributed by atoms with Gasteiger partial charge in [-0.1, -0.05) is 24.3 Å². The van der Waals surface area contributed by atoms with Crippen molar-refractivity contribution in [3.63, 3.8) is 0 Å². The average Bonchev–Trinajstić information content (AvgIpc) is 3.07. The van der Waals surface area contributed by atoms with E-state index in [1.54, 1.807) is 6.08 Å². The Kier molecular flexibility index (Phi) is 4.15. The molecule has 0 saturated carbocycles. The van der Waals surface area contributed by atoms with Crippen LogP contribution in [-0.2, 0) is 20.7 Å². The number of hydrogen-bond acceptors (Lipinski definition) is 4. The van der Waals surface area contributed by atoms with E-state index in [1.165, 1.54) is 23.8 Å². The number of methoxy groups -OCH3 is 1. The van der Waals surface area contributed by atoms with Gasteiger partial charge in [0.15, 0.2) is 0 Å². The Hall–Kier alpha value is -2.82. The second-order valence-corrected chi connectivity index (χ2v) is 6.84. The molecule has 1 aromatic heterocycles. The van der Waals surface area contributed by atoms with Gasteiger partial charge in [0, 0.05) is 35.3 Å². The molecule has 0 saturated heterocycles. The van der Waals surface area contributed by atoms with Crippen molar-refractivity contribution < 1.29 is 14.3 Å². The molecule has 5 nitrogen and oxygen atoms in total. The number of aromatic nitrogens is 1. The van der Waals surface area contributed by atoms with Crippen LogP contribution < -0.4 is 0 Å². The maximum absolute atomic E-state index is 12.3. The molecule has 2 unspecified atom stereocenters. The zero-order valence-electron chi connectivity index (χ0n) is 15.0. The highest BCUT2D eigenvalue weighted by Gasteiger charge is 2.39. The molecule has 0 aliphatic carbocycles. The van der Waals surface area contributed by atoms with E-state index in [0.29, 0.717) is 17.6 Å². The number of hydrogen-bond donors (Lipinski definition) is 1. The summed E-state index contributed by atoms with van der Waals surface area (Å²) in [6.45, 7) is 2.68. The molecule has 26 heavy (non-hydrogen) atoms. The van der Waals surface area contributed by atoms with Gasteiger partial charge in [0.05, 0.1) is 18.7 Å². The Balaban J connectivity index is 1.82. The number of aldehydes is 1. The summed E-state index contributed by atoms with van der Waals surface area (Å²) in [6, 6.07) is 8.47. The molecule has 5 heteroatoms. The van der Waals surface area contributed by atoms with Crippen LogP contribution in [0.5, 0.6) is 0 Å². The minimum Gasteiger partial charge on any atom is -0.466 e. The van der Waals surface area contributed by atoms with E-state index in [1.807, 2.05) is 19.2 Å². The standard InChI is InChI=1S/C21H22N2O3/c1-3-13(12-24)16-10-19-20-15(14-6-4-5-7-18(14)22-20)8-9-23(19)11-17(16)21(25)26-2/h3-7,11-12,16,19,22H,8-10H2,1-2H3. The minimum atomic E-state index is -0.364. The number of carbonyl (C=O) groups excluding carboxylic acids is 2. The summed E-state index contributed by atoms with van der Waals surface area (Å²) < 4.78 is 4.97. The summed E-state index contributed by atoms with van der Waals surface area (Å²) in [5.41, 5.74) is 4.88. The Morgan fingerprint density at radius 1 is 1.35 bits per heavy atom. The smallest absolute Gasteiger partial charge is 0.335 e. The Morgan fingerprint density at radius 2 is 2.15 bits per heavy atom. The van der Waals surface area contributed by atoms with Crippen LogP contribution >= 0.6 is 0 Å². The number of fused-ring (bicyclic) bond motifs is 5. The Bertz CT molecular complexity index is 938. The SMILES string of the molecule is CC=C(C=O)C1CC2c3[nH]c4ccccc4c3CCN2C=C1C(=O)OC. The fourth-order valence-corrected chi connectivity index (χ4v) is 4.34. The number of nitrogens with zero attached hydrogens (tertiary/aromatic N) is 1. The molecule has 0 radical (unpaired) electrons. The zero-order chi connectivity index (χ0) is 18.3. The van der Waals surface area contributed by atoms with Crippen molar-refractivity contribution in [2.75, 3.05) is 13.7 Å². The van der Waals surface area contributed by atoms with Gasteiger partial charge in [-0.25, -0.2) is 4.79 Å². The van der Waals surface area contributed by atoms with Gasteiger partial charge in [-0.05, 0) is 37.0 Å². The van der Waals surface area contributed by atoms with Crippen LogP contribution in [0.2, 0.25) is 0 Å². The first-order valence-corrected chi connectivity index (χ1v) is 8.94. The molecule has 0 bridgehead atoms. The van der Waals surface area contributed by atoms with Crippen molar-refractivity contribution >= 4 is 23.2 Å². The monoisotopic (exact) mass is 350 g/mol. The quantitative estimate of drug-likeness (QED) is 0.524. The number of carbonyl (C=O) groups is 2. The zero-order valence-corrected chi connectivity index (χ0v) is 15.0. The van der Waals surface area contributed by atoms with Crippen molar-refractivity contribution in [2.24, 2.45) is 5.92 Å². The fraction of sp³-hybridized carbons (Fsp3) is 0.333. The second-order valence-electron chi connectivity index (χ2n) is 6.84. The molecule has 2 aromatic rings. The fourth-order valence-electron chi connectivity index (χ4n) is 4.34.